The van der Waals surface area contributed by atoms with E-state index in [-0.39, 0.29) is 6.54 Å². The number of anilines is 1. The van der Waals surface area contributed by atoms with Gasteiger partial charge in [0.15, 0.2) is 23.3 Å². The third-order valence-electron chi connectivity index (χ3n) is 2.27. The monoisotopic (exact) mass is 357 g/mol. The highest BCUT2D eigenvalue weighted by Crippen LogP contribution is 2.28. The largest absolute Gasteiger partial charge is 0.375 e. The predicted octanol–water partition coefficient (Wildman–Crippen LogP) is 4.82. The van der Waals surface area contributed by atoms with Gasteiger partial charge >= 0.3 is 0 Å². The van der Waals surface area contributed by atoms with Crippen LogP contribution in [0.2, 0.25) is 0 Å². The Balaban J connectivity index is 2.30. The van der Waals surface area contributed by atoms with E-state index in [0.29, 0.717) is 4.88 Å². The maximum absolute atomic E-state index is 13.3. The molecule has 1 aromatic carbocycles. The molecule has 0 saturated carbocycles. The lowest BCUT2D eigenvalue weighted by Gasteiger charge is -2.09. The van der Waals surface area contributed by atoms with Crippen molar-refractivity contribution < 1.29 is 22.0 Å². The number of hydrogen-bond acceptors (Lipinski definition) is 2. The van der Waals surface area contributed by atoms with E-state index in [1.54, 1.807) is 11.4 Å². The average molecular weight is 358 g/mol. The molecule has 0 aliphatic rings. The minimum Gasteiger partial charge on any atom is -0.375 e. The van der Waals surface area contributed by atoms with Gasteiger partial charge in [-0.3, -0.25) is 0 Å². The second kappa shape index (κ2) is 5.46. The smallest absolute Gasteiger partial charge is 0.200 e. The fourth-order valence-electron chi connectivity index (χ4n) is 1.38. The molecule has 1 heterocycles. The first-order valence-electron chi connectivity index (χ1n) is 4.90. The molecule has 2 aromatic rings. The summed E-state index contributed by atoms with van der Waals surface area (Å²) in [6.45, 7) is -0.0470. The lowest BCUT2D eigenvalue weighted by atomic mass is 10.2. The zero-order valence-electron chi connectivity index (χ0n) is 9.04. The van der Waals surface area contributed by atoms with E-state index in [1.165, 1.54) is 11.3 Å². The van der Waals surface area contributed by atoms with Crippen molar-refractivity contribution in [3.8, 4) is 0 Å². The van der Waals surface area contributed by atoms with Crippen LogP contribution >= 0.6 is 27.3 Å². The van der Waals surface area contributed by atoms with E-state index >= 15 is 0 Å². The van der Waals surface area contributed by atoms with Crippen molar-refractivity contribution in [1.82, 2.24) is 0 Å². The number of benzene rings is 1. The molecule has 0 aliphatic carbocycles. The van der Waals surface area contributed by atoms with Gasteiger partial charge in [0.1, 0.15) is 5.69 Å². The third kappa shape index (κ3) is 2.74. The molecule has 1 N–H and O–H groups in total. The highest BCUT2D eigenvalue weighted by molar-refractivity contribution is 9.10. The van der Waals surface area contributed by atoms with Crippen molar-refractivity contribution in [2.45, 2.75) is 6.54 Å². The highest BCUT2D eigenvalue weighted by Gasteiger charge is 2.25. The topological polar surface area (TPSA) is 12.0 Å². The molecule has 0 aliphatic heterocycles. The van der Waals surface area contributed by atoms with Crippen LogP contribution in [-0.4, -0.2) is 0 Å². The van der Waals surface area contributed by atoms with E-state index in [4.69, 9.17) is 0 Å². The summed E-state index contributed by atoms with van der Waals surface area (Å²) in [5, 5.41) is 3.94. The minimum atomic E-state index is -2.17. The van der Waals surface area contributed by atoms with E-state index in [1.807, 2.05) is 0 Å². The molecular weight excluding hydrogens is 353 g/mol. The maximum atomic E-state index is 13.3. The normalized spacial score (nSPS) is 10.8. The van der Waals surface area contributed by atoms with Crippen LogP contribution in [0.25, 0.3) is 0 Å². The van der Waals surface area contributed by atoms with E-state index in [0.717, 1.165) is 4.47 Å². The number of hydrogen-bond donors (Lipinski definition) is 1. The van der Waals surface area contributed by atoms with Crippen molar-refractivity contribution in [2.75, 3.05) is 5.32 Å². The Morgan fingerprint density at radius 3 is 1.95 bits per heavy atom. The first-order chi connectivity index (χ1) is 8.91. The summed E-state index contributed by atoms with van der Waals surface area (Å²) < 4.78 is 66.1. The molecule has 0 spiro atoms. The van der Waals surface area contributed by atoms with Gasteiger partial charge in [0.05, 0.1) is 0 Å². The van der Waals surface area contributed by atoms with E-state index in [9.17, 15) is 22.0 Å². The molecule has 1 nitrogen and oxygen atoms in total. The summed E-state index contributed by atoms with van der Waals surface area (Å²) in [6.07, 6.45) is 0. The molecule has 0 saturated heterocycles. The zero-order valence-corrected chi connectivity index (χ0v) is 11.4. The van der Waals surface area contributed by atoms with Gasteiger partial charge < -0.3 is 5.32 Å². The van der Waals surface area contributed by atoms with Crippen LogP contribution in [0.3, 0.4) is 0 Å². The highest BCUT2D eigenvalue weighted by atomic mass is 79.9. The van der Waals surface area contributed by atoms with Crippen LogP contribution < -0.4 is 5.32 Å². The second-order valence-corrected chi connectivity index (χ2v) is 5.44. The van der Waals surface area contributed by atoms with E-state index in [2.05, 4.69) is 21.2 Å². The Morgan fingerprint density at radius 2 is 1.47 bits per heavy atom. The number of rotatable bonds is 3. The van der Waals surface area contributed by atoms with Gasteiger partial charge in [-0.25, -0.2) is 22.0 Å². The van der Waals surface area contributed by atoms with E-state index < -0.39 is 34.8 Å². The summed E-state index contributed by atoms with van der Waals surface area (Å²) in [5.41, 5.74) is -1.03. The molecular formula is C11H5BrF5NS. The van der Waals surface area contributed by atoms with Crippen molar-refractivity contribution in [3.63, 3.8) is 0 Å². The standard InChI is InChI=1S/C11H5BrF5NS/c12-4-1-5(19-3-4)2-18-11-9(16)7(14)6(13)8(15)10(11)17/h1,3,18H,2H2. The average Bonchev–Trinajstić information content (AvgIpc) is 2.80. The molecule has 8 heteroatoms. The molecule has 19 heavy (non-hydrogen) atoms. The predicted molar refractivity (Wildman–Crippen MR) is 65.6 cm³/mol. The fourth-order valence-corrected chi connectivity index (χ4v) is 2.77. The number of thiophene rings is 1. The van der Waals surface area contributed by atoms with Crippen molar-refractivity contribution >= 4 is 33.0 Å². The molecule has 0 amide bonds. The molecule has 0 atom stereocenters. The minimum absolute atomic E-state index is 0.0470. The van der Waals surface area contributed by atoms with Crippen molar-refractivity contribution in [1.29, 1.82) is 0 Å². The lowest BCUT2D eigenvalue weighted by Crippen LogP contribution is -2.09. The quantitative estimate of drug-likeness (QED) is 0.471. The van der Waals surface area contributed by atoms with Gasteiger partial charge in [0.25, 0.3) is 0 Å². The molecule has 0 radical (unpaired) electrons. The van der Waals surface area contributed by atoms with Crippen LogP contribution in [0, 0.1) is 29.1 Å². The van der Waals surface area contributed by atoms with Crippen molar-refractivity contribution in [2.24, 2.45) is 0 Å². The molecule has 0 unspecified atom stereocenters. The second-order valence-electron chi connectivity index (χ2n) is 3.53. The third-order valence-corrected chi connectivity index (χ3v) is 3.97. The zero-order chi connectivity index (χ0) is 14.2. The van der Waals surface area contributed by atoms with Crippen LogP contribution in [-0.2, 0) is 6.54 Å². The van der Waals surface area contributed by atoms with Gasteiger partial charge in [0, 0.05) is 21.3 Å². The summed E-state index contributed by atoms with van der Waals surface area (Å²) in [4.78, 5) is 0.677. The van der Waals surface area contributed by atoms with Crippen LogP contribution in [0.5, 0.6) is 0 Å². The molecule has 102 valence electrons. The van der Waals surface area contributed by atoms with Crippen molar-refractivity contribution in [3.05, 3.63) is 49.9 Å². The number of nitrogens with one attached hydrogen (secondary N) is 1. The summed E-state index contributed by atoms with van der Waals surface area (Å²) in [6, 6.07) is 1.67. The lowest BCUT2D eigenvalue weighted by molar-refractivity contribution is 0.381. The molecule has 1 aromatic heterocycles. The van der Waals surface area contributed by atoms with Gasteiger partial charge in [-0.2, -0.15) is 0 Å². The fraction of sp³-hybridized carbons (Fsp3) is 0.0909. The SMILES string of the molecule is Fc1c(F)c(F)c(NCc2cc(Br)cs2)c(F)c1F. The first-order valence-corrected chi connectivity index (χ1v) is 6.57. The van der Waals surface area contributed by atoms with Crippen LogP contribution in [0.1, 0.15) is 4.88 Å². The van der Waals surface area contributed by atoms with Gasteiger partial charge in [-0.1, -0.05) is 0 Å². The first kappa shape index (κ1) is 14.3. The van der Waals surface area contributed by atoms with Gasteiger partial charge in [-0.15, -0.1) is 11.3 Å². The number of halogens is 6. The Morgan fingerprint density at radius 1 is 0.947 bits per heavy atom. The molecule has 0 bridgehead atoms. The Hall–Kier alpha value is -1.15. The van der Waals surface area contributed by atoms with Crippen LogP contribution in [0.4, 0.5) is 27.6 Å². The van der Waals surface area contributed by atoms with Gasteiger partial charge in [0.2, 0.25) is 5.82 Å². The summed E-state index contributed by atoms with van der Waals surface area (Å²) in [7, 11) is 0. The Labute approximate surface area is 117 Å². The molecule has 0 fully saturated rings. The van der Waals surface area contributed by atoms with Gasteiger partial charge in [-0.05, 0) is 22.0 Å². The summed E-state index contributed by atoms with van der Waals surface area (Å²) >= 11 is 4.46. The Bertz CT molecular complexity index is 599. The maximum Gasteiger partial charge on any atom is 0.200 e. The Kier molecular flexibility index (Phi) is 4.10. The van der Waals surface area contributed by atoms with Crippen LogP contribution in [0.15, 0.2) is 15.9 Å². The summed E-state index contributed by atoms with van der Waals surface area (Å²) in [5.74, 6) is -9.83. The molecule has 2 rings (SSSR count).